The minimum atomic E-state index is -0.711. The van der Waals surface area contributed by atoms with Crippen LogP contribution in [0.25, 0.3) is 0 Å². The number of carbonyl (C=O) groups is 1. The Bertz CT molecular complexity index is 617. The summed E-state index contributed by atoms with van der Waals surface area (Å²) in [6.07, 6.45) is 1.72. The Morgan fingerprint density at radius 2 is 1.82 bits per heavy atom. The highest BCUT2D eigenvalue weighted by Crippen LogP contribution is 2.14. The number of amides is 1. The van der Waals surface area contributed by atoms with Crippen LogP contribution in [0.15, 0.2) is 48.5 Å². The Morgan fingerprint density at radius 3 is 2.55 bits per heavy atom. The van der Waals surface area contributed by atoms with Crippen LogP contribution in [0.2, 0.25) is 0 Å². The lowest BCUT2D eigenvalue weighted by atomic mass is 10.1. The number of halogens is 2. The van der Waals surface area contributed by atoms with Crippen molar-refractivity contribution in [1.29, 1.82) is 0 Å². The predicted octanol–water partition coefficient (Wildman–Crippen LogP) is 3.13. The van der Waals surface area contributed by atoms with Crippen LogP contribution in [0, 0.1) is 11.6 Å². The second-order valence-electron chi connectivity index (χ2n) is 4.92. The number of nitrogens with one attached hydrogen (secondary N) is 2. The standard InChI is InChI=1S/C17H18F2N2O/c18-14-8-9-16(15(19)11-14)21-12-17(22)20-10-4-7-13-5-2-1-3-6-13/h1-3,5-6,8-9,11,21H,4,7,10,12H2,(H,20,22). The van der Waals surface area contributed by atoms with Crippen LogP contribution in [0.1, 0.15) is 12.0 Å². The van der Waals surface area contributed by atoms with E-state index in [4.69, 9.17) is 0 Å². The zero-order valence-electron chi connectivity index (χ0n) is 12.1. The third-order valence-electron chi connectivity index (χ3n) is 3.18. The molecule has 0 aliphatic heterocycles. The lowest BCUT2D eigenvalue weighted by molar-refractivity contribution is -0.119. The van der Waals surface area contributed by atoms with E-state index >= 15 is 0 Å². The first-order chi connectivity index (χ1) is 10.6. The minimum Gasteiger partial charge on any atom is -0.374 e. The maximum absolute atomic E-state index is 13.4. The van der Waals surface area contributed by atoms with Gasteiger partial charge in [0.15, 0.2) is 0 Å². The molecule has 2 aromatic rings. The van der Waals surface area contributed by atoms with Gasteiger partial charge in [-0.15, -0.1) is 0 Å². The summed E-state index contributed by atoms with van der Waals surface area (Å²) in [5.74, 6) is -1.58. The molecule has 2 N–H and O–H groups in total. The molecule has 116 valence electrons. The van der Waals surface area contributed by atoms with Gasteiger partial charge in [0.05, 0.1) is 12.2 Å². The van der Waals surface area contributed by atoms with Gasteiger partial charge in [-0.05, 0) is 30.5 Å². The monoisotopic (exact) mass is 304 g/mol. The van der Waals surface area contributed by atoms with Crippen molar-refractivity contribution in [1.82, 2.24) is 5.32 Å². The van der Waals surface area contributed by atoms with E-state index < -0.39 is 11.6 Å². The average molecular weight is 304 g/mol. The summed E-state index contributed by atoms with van der Waals surface area (Å²) in [6, 6.07) is 13.2. The predicted molar refractivity (Wildman–Crippen MR) is 82.6 cm³/mol. The van der Waals surface area contributed by atoms with Gasteiger partial charge in [0.2, 0.25) is 5.91 Å². The zero-order valence-corrected chi connectivity index (χ0v) is 12.1. The Morgan fingerprint density at radius 1 is 1.05 bits per heavy atom. The van der Waals surface area contributed by atoms with Crippen LogP contribution >= 0.6 is 0 Å². The van der Waals surface area contributed by atoms with Crippen molar-refractivity contribution in [3.63, 3.8) is 0 Å². The molecule has 3 nitrogen and oxygen atoms in total. The second kappa shape index (κ2) is 8.12. The maximum Gasteiger partial charge on any atom is 0.239 e. The summed E-state index contributed by atoms with van der Waals surface area (Å²) < 4.78 is 26.1. The molecule has 0 atom stereocenters. The minimum absolute atomic E-state index is 0.0477. The van der Waals surface area contributed by atoms with Crippen molar-refractivity contribution in [2.45, 2.75) is 12.8 Å². The molecular weight excluding hydrogens is 286 g/mol. The number of anilines is 1. The van der Waals surface area contributed by atoms with Gasteiger partial charge in [0.1, 0.15) is 11.6 Å². The molecule has 5 heteroatoms. The van der Waals surface area contributed by atoms with Gasteiger partial charge in [0, 0.05) is 12.6 Å². The van der Waals surface area contributed by atoms with Gasteiger partial charge in [-0.25, -0.2) is 8.78 Å². The fourth-order valence-corrected chi connectivity index (χ4v) is 2.04. The summed E-state index contributed by atoms with van der Waals surface area (Å²) in [5.41, 5.74) is 1.34. The Kier molecular flexibility index (Phi) is 5.89. The largest absolute Gasteiger partial charge is 0.374 e. The Balaban J connectivity index is 1.65. The summed E-state index contributed by atoms with van der Waals surface area (Å²) in [7, 11) is 0. The number of aryl methyl sites for hydroxylation is 1. The van der Waals surface area contributed by atoms with Crippen molar-refractivity contribution in [3.8, 4) is 0 Å². The van der Waals surface area contributed by atoms with Crippen LogP contribution in [-0.4, -0.2) is 19.0 Å². The molecule has 1 amide bonds. The van der Waals surface area contributed by atoms with Crippen molar-refractivity contribution >= 4 is 11.6 Å². The molecule has 0 radical (unpaired) electrons. The molecule has 0 aliphatic carbocycles. The number of hydrogen-bond donors (Lipinski definition) is 2. The van der Waals surface area contributed by atoms with Crippen molar-refractivity contribution < 1.29 is 13.6 Å². The number of benzene rings is 2. The summed E-state index contributed by atoms with van der Waals surface area (Å²) in [5, 5.41) is 5.40. The summed E-state index contributed by atoms with van der Waals surface area (Å²) in [6.45, 7) is 0.509. The molecule has 0 aliphatic rings. The number of carbonyl (C=O) groups excluding carboxylic acids is 1. The lowest BCUT2D eigenvalue weighted by Crippen LogP contribution is -2.31. The van der Waals surface area contributed by atoms with E-state index in [1.165, 1.54) is 11.6 Å². The van der Waals surface area contributed by atoms with Gasteiger partial charge < -0.3 is 10.6 Å². The molecule has 22 heavy (non-hydrogen) atoms. The molecule has 2 aromatic carbocycles. The van der Waals surface area contributed by atoms with Gasteiger partial charge in [-0.3, -0.25) is 4.79 Å². The Hall–Kier alpha value is -2.43. The molecule has 0 unspecified atom stereocenters. The van der Waals surface area contributed by atoms with Crippen LogP contribution < -0.4 is 10.6 Å². The van der Waals surface area contributed by atoms with Crippen LogP contribution in [0.3, 0.4) is 0 Å². The van der Waals surface area contributed by atoms with Gasteiger partial charge in [-0.1, -0.05) is 30.3 Å². The molecule has 0 spiro atoms. The van der Waals surface area contributed by atoms with Crippen LogP contribution in [0.4, 0.5) is 14.5 Å². The first kappa shape index (κ1) is 15.9. The van der Waals surface area contributed by atoms with Crippen molar-refractivity contribution in [2.75, 3.05) is 18.4 Å². The first-order valence-corrected chi connectivity index (χ1v) is 7.15. The van der Waals surface area contributed by atoms with E-state index in [9.17, 15) is 13.6 Å². The van der Waals surface area contributed by atoms with E-state index in [0.717, 1.165) is 25.0 Å². The third kappa shape index (κ3) is 5.16. The highest BCUT2D eigenvalue weighted by Gasteiger charge is 2.05. The van der Waals surface area contributed by atoms with Gasteiger partial charge in [0.25, 0.3) is 0 Å². The smallest absolute Gasteiger partial charge is 0.239 e. The Labute approximate surface area is 128 Å². The molecule has 0 heterocycles. The fraction of sp³-hybridized carbons (Fsp3) is 0.235. The molecule has 2 rings (SSSR count). The average Bonchev–Trinajstić information content (AvgIpc) is 2.52. The topological polar surface area (TPSA) is 41.1 Å². The fourth-order valence-electron chi connectivity index (χ4n) is 2.04. The molecule has 0 bridgehead atoms. The normalized spacial score (nSPS) is 10.3. The van der Waals surface area contributed by atoms with Gasteiger partial charge in [-0.2, -0.15) is 0 Å². The number of rotatable bonds is 7. The van der Waals surface area contributed by atoms with Gasteiger partial charge >= 0.3 is 0 Å². The zero-order chi connectivity index (χ0) is 15.8. The van der Waals surface area contributed by atoms with Crippen LogP contribution in [-0.2, 0) is 11.2 Å². The molecular formula is C17H18F2N2O. The SMILES string of the molecule is O=C(CNc1ccc(F)cc1F)NCCCc1ccccc1. The highest BCUT2D eigenvalue weighted by atomic mass is 19.1. The molecule has 0 saturated carbocycles. The third-order valence-corrected chi connectivity index (χ3v) is 3.18. The van der Waals surface area contributed by atoms with Crippen molar-refractivity contribution in [2.24, 2.45) is 0 Å². The van der Waals surface area contributed by atoms with E-state index in [1.54, 1.807) is 0 Å². The van der Waals surface area contributed by atoms with E-state index in [0.29, 0.717) is 6.54 Å². The van der Waals surface area contributed by atoms with E-state index in [1.807, 2.05) is 30.3 Å². The quantitative estimate of drug-likeness (QED) is 0.772. The summed E-state index contributed by atoms with van der Waals surface area (Å²) >= 11 is 0. The van der Waals surface area contributed by atoms with E-state index in [2.05, 4.69) is 10.6 Å². The molecule has 0 saturated heterocycles. The first-order valence-electron chi connectivity index (χ1n) is 7.15. The van der Waals surface area contributed by atoms with Crippen molar-refractivity contribution in [3.05, 3.63) is 65.7 Å². The second-order valence-corrected chi connectivity index (χ2v) is 4.92. The lowest BCUT2D eigenvalue weighted by Gasteiger charge is -2.08. The van der Waals surface area contributed by atoms with E-state index in [-0.39, 0.29) is 18.1 Å². The highest BCUT2D eigenvalue weighted by molar-refractivity contribution is 5.80. The molecule has 0 aromatic heterocycles. The number of hydrogen-bond acceptors (Lipinski definition) is 2. The summed E-state index contributed by atoms with van der Waals surface area (Å²) in [4.78, 5) is 11.6. The maximum atomic E-state index is 13.4. The molecule has 0 fully saturated rings. The van der Waals surface area contributed by atoms with Crippen LogP contribution in [0.5, 0.6) is 0 Å².